The van der Waals surface area contributed by atoms with Gasteiger partial charge in [-0.25, -0.2) is 4.79 Å². The number of ether oxygens (including phenoxy) is 1. The van der Waals surface area contributed by atoms with E-state index in [-0.39, 0.29) is 37.0 Å². The summed E-state index contributed by atoms with van der Waals surface area (Å²) < 4.78 is 48.0. The molecule has 3 fully saturated rings. The number of nitrogens with zero attached hydrogens (tertiary/aromatic N) is 3. The summed E-state index contributed by atoms with van der Waals surface area (Å²) in [6.45, 7) is 6.60. The van der Waals surface area contributed by atoms with E-state index in [0.29, 0.717) is 16.9 Å². The summed E-state index contributed by atoms with van der Waals surface area (Å²) in [5, 5.41) is 2.94. The molecule has 1 N–H and O–H groups in total. The van der Waals surface area contributed by atoms with Crippen molar-refractivity contribution in [1.82, 2.24) is 9.80 Å². The van der Waals surface area contributed by atoms with Crippen molar-refractivity contribution in [3.63, 3.8) is 0 Å². The molecule has 8 nitrogen and oxygen atoms in total. The molecule has 42 heavy (non-hydrogen) atoms. The minimum Gasteiger partial charge on any atom is -0.444 e. The van der Waals surface area contributed by atoms with Gasteiger partial charge in [0.05, 0.1) is 22.9 Å². The third-order valence-corrected chi connectivity index (χ3v) is 7.81. The second-order valence-electron chi connectivity index (χ2n) is 12.2. The number of nitrogens with one attached hydrogen (secondary N) is 1. The van der Waals surface area contributed by atoms with Crippen LogP contribution in [0.25, 0.3) is 0 Å². The Balaban J connectivity index is 1.51. The zero-order valence-electron chi connectivity index (χ0n) is 24.2. The van der Waals surface area contributed by atoms with Gasteiger partial charge in [-0.05, 0) is 76.3 Å². The van der Waals surface area contributed by atoms with Gasteiger partial charge in [0.25, 0.3) is 5.91 Å². The first-order valence-corrected chi connectivity index (χ1v) is 14.5. The lowest BCUT2D eigenvalue weighted by atomic mass is 9.95. The fourth-order valence-electron chi connectivity index (χ4n) is 5.58. The van der Waals surface area contributed by atoms with Crippen LogP contribution in [-0.4, -0.2) is 66.0 Å². The summed E-state index contributed by atoms with van der Waals surface area (Å²) in [4.78, 5) is 44.5. The molecule has 3 aliphatic rings. The van der Waals surface area contributed by atoms with Crippen molar-refractivity contribution in [1.29, 1.82) is 0 Å². The van der Waals surface area contributed by atoms with Crippen molar-refractivity contribution >= 4 is 29.3 Å². The van der Waals surface area contributed by atoms with Crippen LogP contribution in [0, 0.1) is 5.92 Å². The number of benzene rings is 2. The minimum absolute atomic E-state index is 0.0114. The monoisotopic (exact) mass is 586 g/mol. The SMILES string of the molecule is CC(C)(C)OC(=O)N1CCN(C(=O)c2ccc(NC(=O)C3CC3)cc2N2CCCC2)C(c2ccccc2C(F)(F)F)C1. The molecule has 0 aromatic heterocycles. The van der Waals surface area contributed by atoms with Crippen molar-refractivity contribution < 1.29 is 32.3 Å². The molecule has 1 atom stereocenters. The van der Waals surface area contributed by atoms with E-state index in [9.17, 15) is 27.6 Å². The molecule has 1 aliphatic carbocycles. The van der Waals surface area contributed by atoms with Gasteiger partial charge >= 0.3 is 12.3 Å². The Labute approximate surface area is 243 Å². The Morgan fingerprint density at radius 3 is 2.26 bits per heavy atom. The lowest BCUT2D eigenvalue weighted by molar-refractivity contribution is -0.139. The smallest absolute Gasteiger partial charge is 0.416 e. The number of alkyl halides is 3. The fraction of sp³-hybridized carbons (Fsp3) is 0.516. The van der Waals surface area contributed by atoms with Gasteiger partial charge < -0.3 is 24.8 Å². The highest BCUT2D eigenvalue weighted by Crippen LogP contribution is 2.39. The number of halogens is 3. The molecule has 2 aromatic rings. The van der Waals surface area contributed by atoms with Gasteiger partial charge in [-0.2, -0.15) is 13.2 Å². The number of carbonyl (C=O) groups excluding carboxylic acids is 3. The van der Waals surface area contributed by atoms with Crippen molar-refractivity contribution in [3.05, 3.63) is 59.2 Å². The van der Waals surface area contributed by atoms with Gasteiger partial charge in [0.1, 0.15) is 5.60 Å². The first-order chi connectivity index (χ1) is 19.8. The molecule has 1 unspecified atom stereocenters. The Morgan fingerprint density at radius 1 is 0.929 bits per heavy atom. The van der Waals surface area contributed by atoms with Crippen LogP contribution in [0.3, 0.4) is 0 Å². The number of amides is 3. The number of anilines is 2. The van der Waals surface area contributed by atoms with Crippen LogP contribution in [0.15, 0.2) is 42.5 Å². The third-order valence-electron chi connectivity index (χ3n) is 7.81. The van der Waals surface area contributed by atoms with Gasteiger partial charge in [0, 0.05) is 44.3 Å². The van der Waals surface area contributed by atoms with E-state index in [1.807, 2.05) is 0 Å². The zero-order valence-corrected chi connectivity index (χ0v) is 24.2. The van der Waals surface area contributed by atoms with E-state index in [1.54, 1.807) is 39.0 Å². The van der Waals surface area contributed by atoms with E-state index in [1.165, 1.54) is 28.0 Å². The Kier molecular flexibility index (Phi) is 8.13. The number of carbonyl (C=O) groups is 3. The van der Waals surface area contributed by atoms with Gasteiger partial charge in [0.2, 0.25) is 5.91 Å². The van der Waals surface area contributed by atoms with Crippen LogP contribution in [0.1, 0.15) is 74.0 Å². The van der Waals surface area contributed by atoms with E-state index in [2.05, 4.69) is 10.2 Å². The molecule has 2 heterocycles. The molecule has 0 radical (unpaired) electrons. The lowest BCUT2D eigenvalue weighted by Gasteiger charge is -2.43. The Hall–Kier alpha value is -3.76. The molecule has 5 rings (SSSR count). The summed E-state index contributed by atoms with van der Waals surface area (Å²) in [7, 11) is 0. The Morgan fingerprint density at radius 2 is 1.62 bits per heavy atom. The predicted molar refractivity (Wildman–Crippen MR) is 152 cm³/mol. The first-order valence-electron chi connectivity index (χ1n) is 14.5. The van der Waals surface area contributed by atoms with E-state index in [4.69, 9.17) is 4.74 Å². The first kappa shape index (κ1) is 29.7. The second-order valence-corrected chi connectivity index (χ2v) is 12.2. The molecule has 0 spiro atoms. The lowest BCUT2D eigenvalue weighted by Crippen LogP contribution is -2.53. The summed E-state index contributed by atoms with van der Waals surface area (Å²) in [5.41, 5.74) is -0.145. The van der Waals surface area contributed by atoms with Gasteiger partial charge in [0.15, 0.2) is 0 Å². The predicted octanol–water partition coefficient (Wildman–Crippen LogP) is 6.09. The summed E-state index contributed by atoms with van der Waals surface area (Å²) in [6, 6.07) is 9.22. The molecule has 2 aromatic carbocycles. The van der Waals surface area contributed by atoms with Crippen molar-refractivity contribution in [2.24, 2.45) is 5.92 Å². The van der Waals surface area contributed by atoms with Crippen LogP contribution < -0.4 is 10.2 Å². The molecule has 3 amide bonds. The zero-order chi connectivity index (χ0) is 30.2. The molecule has 11 heteroatoms. The van der Waals surface area contributed by atoms with Gasteiger partial charge in [-0.1, -0.05) is 18.2 Å². The highest BCUT2D eigenvalue weighted by atomic mass is 19.4. The third kappa shape index (κ3) is 6.65. The van der Waals surface area contributed by atoms with Crippen molar-refractivity contribution in [2.75, 3.05) is 42.9 Å². The van der Waals surface area contributed by atoms with Crippen molar-refractivity contribution in [2.45, 2.75) is 64.3 Å². The van der Waals surface area contributed by atoms with Crippen LogP contribution in [0.2, 0.25) is 0 Å². The normalized spacial score (nSPS) is 19.6. The number of rotatable bonds is 5. The average molecular weight is 587 g/mol. The summed E-state index contributed by atoms with van der Waals surface area (Å²) in [6.07, 6.45) is -1.68. The number of piperazine rings is 1. The van der Waals surface area contributed by atoms with Crippen LogP contribution >= 0.6 is 0 Å². The van der Waals surface area contributed by atoms with Crippen molar-refractivity contribution in [3.8, 4) is 0 Å². The Bertz CT molecular complexity index is 1350. The highest BCUT2D eigenvalue weighted by molar-refractivity contribution is 6.02. The quantitative estimate of drug-likeness (QED) is 0.459. The molecule has 1 saturated carbocycles. The van der Waals surface area contributed by atoms with Gasteiger partial charge in [-0.3, -0.25) is 9.59 Å². The van der Waals surface area contributed by atoms with Crippen LogP contribution in [0.5, 0.6) is 0 Å². The topological polar surface area (TPSA) is 82.2 Å². The van der Waals surface area contributed by atoms with E-state index < -0.39 is 35.4 Å². The summed E-state index contributed by atoms with van der Waals surface area (Å²) >= 11 is 0. The van der Waals surface area contributed by atoms with Gasteiger partial charge in [-0.15, -0.1) is 0 Å². The standard InChI is InChI=1S/C31H37F3N4O4/c1-30(2,3)42-29(41)37-16-17-38(26(19-37)22-8-4-5-9-24(22)31(32,33)34)28(40)23-13-12-21(35-27(39)20-10-11-20)18-25(23)36-14-6-7-15-36/h4-5,8-9,12-13,18,20,26H,6-7,10-11,14-17,19H2,1-3H3,(H,35,39). The molecular weight excluding hydrogens is 549 g/mol. The minimum atomic E-state index is -4.65. The second kappa shape index (κ2) is 11.5. The largest absolute Gasteiger partial charge is 0.444 e. The average Bonchev–Trinajstić information content (AvgIpc) is 3.65. The molecule has 2 aliphatic heterocycles. The highest BCUT2D eigenvalue weighted by Gasteiger charge is 2.42. The number of hydrogen-bond donors (Lipinski definition) is 1. The fourth-order valence-corrected chi connectivity index (χ4v) is 5.58. The number of hydrogen-bond acceptors (Lipinski definition) is 5. The maximum atomic E-state index is 14.3. The van der Waals surface area contributed by atoms with E-state index >= 15 is 0 Å². The molecular formula is C31H37F3N4O4. The summed E-state index contributed by atoms with van der Waals surface area (Å²) in [5.74, 6) is -0.469. The molecule has 226 valence electrons. The van der Waals surface area contributed by atoms with Crippen LogP contribution in [-0.2, 0) is 15.7 Å². The molecule has 0 bridgehead atoms. The van der Waals surface area contributed by atoms with E-state index in [0.717, 1.165) is 44.8 Å². The maximum absolute atomic E-state index is 14.3. The molecule has 2 saturated heterocycles. The maximum Gasteiger partial charge on any atom is 0.416 e. The van der Waals surface area contributed by atoms with Crippen LogP contribution in [0.4, 0.5) is 29.3 Å².